The Morgan fingerprint density at radius 1 is 1.75 bits per heavy atom. The van der Waals surface area contributed by atoms with Crippen molar-refractivity contribution in [1.82, 2.24) is 15.5 Å². The Balaban J connectivity index is 0.000000280. The number of anilines is 1. The third kappa shape index (κ3) is 3.95. The van der Waals surface area contributed by atoms with E-state index in [4.69, 9.17) is 20.2 Å². The number of rotatable bonds is 1. The summed E-state index contributed by atoms with van der Waals surface area (Å²) in [5.41, 5.74) is 5.31. The number of aromatic nitrogens is 2. The van der Waals surface area contributed by atoms with Gasteiger partial charge in [0.2, 0.25) is 5.89 Å². The molecule has 1 atom stereocenters. The van der Waals surface area contributed by atoms with Crippen LogP contribution in [0.25, 0.3) is 0 Å². The van der Waals surface area contributed by atoms with E-state index in [0.29, 0.717) is 12.4 Å². The summed E-state index contributed by atoms with van der Waals surface area (Å²) in [6.45, 7) is 2.53. The van der Waals surface area contributed by atoms with Crippen molar-refractivity contribution < 1.29 is 14.4 Å². The molecule has 0 saturated heterocycles. The van der Waals surface area contributed by atoms with Crippen LogP contribution in [0.3, 0.4) is 0 Å². The lowest BCUT2D eigenvalue weighted by Crippen LogP contribution is -2.27. The SMILES string of the molecule is CC(=O)O.Nc1noc(C2CN=CNC2)n1. The fourth-order valence-corrected chi connectivity index (χ4v) is 1.08. The molecule has 88 valence electrons. The molecule has 0 fully saturated rings. The highest BCUT2D eigenvalue weighted by Gasteiger charge is 2.19. The van der Waals surface area contributed by atoms with Crippen LogP contribution in [0.5, 0.6) is 0 Å². The Labute approximate surface area is 91.5 Å². The minimum Gasteiger partial charge on any atom is -0.481 e. The Kier molecular flexibility index (Phi) is 4.25. The molecule has 0 saturated carbocycles. The van der Waals surface area contributed by atoms with Gasteiger partial charge in [-0.05, 0) is 5.16 Å². The number of carboxylic acids is 1. The molecule has 4 N–H and O–H groups in total. The summed E-state index contributed by atoms with van der Waals surface area (Å²) in [5.74, 6) is 0.0520. The van der Waals surface area contributed by atoms with Crippen molar-refractivity contribution in [3.8, 4) is 0 Å². The van der Waals surface area contributed by atoms with Crippen LogP contribution in [0, 0.1) is 0 Å². The zero-order valence-electron chi connectivity index (χ0n) is 8.75. The number of aliphatic imine (C=N–C) groups is 1. The Morgan fingerprint density at radius 3 is 2.88 bits per heavy atom. The summed E-state index contributed by atoms with van der Waals surface area (Å²) in [4.78, 5) is 17.0. The number of aliphatic carboxylic acids is 1. The third-order valence-corrected chi connectivity index (χ3v) is 1.68. The number of carboxylic acid groups (broad SMARTS) is 1. The highest BCUT2D eigenvalue weighted by Crippen LogP contribution is 2.14. The maximum atomic E-state index is 9.00. The normalized spacial score (nSPS) is 18.2. The van der Waals surface area contributed by atoms with E-state index >= 15 is 0 Å². The van der Waals surface area contributed by atoms with E-state index in [9.17, 15) is 0 Å². The molecule has 8 nitrogen and oxygen atoms in total. The molecule has 2 heterocycles. The second-order valence-corrected chi connectivity index (χ2v) is 3.11. The molecule has 0 bridgehead atoms. The number of carbonyl (C=O) groups is 1. The van der Waals surface area contributed by atoms with Gasteiger partial charge in [-0.25, -0.2) is 0 Å². The van der Waals surface area contributed by atoms with Crippen molar-refractivity contribution in [3.63, 3.8) is 0 Å². The molecule has 1 unspecified atom stereocenters. The number of nitrogens with zero attached hydrogens (tertiary/aromatic N) is 3. The van der Waals surface area contributed by atoms with Gasteiger partial charge in [0.1, 0.15) is 0 Å². The van der Waals surface area contributed by atoms with Crippen LogP contribution in [-0.2, 0) is 4.79 Å². The van der Waals surface area contributed by atoms with Gasteiger partial charge >= 0.3 is 0 Å². The molecule has 1 aliphatic heterocycles. The molecule has 1 aliphatic rings. The lowest BCUT2D eigenvalue weighted by molar-refractivity contribution is -0.134. The van der Waals surface area contributed by atoms with E-state index < -0.39 is 5.97 Å². The minimum atomic E-state index is -0.833. The Hall–Kier alpha value is -2.12. The molecule has 0 aromatic carbocycles. The van der Waals surface area contributed by atoms with Crippen molar-refractivity contribution in [3.05, 3.63) is 5.89 Å². The highest BCUT2D eigenvalue weighted by atomic mass is 16.5. The summed E-state index contributed by atoms with van der Waals surface area (Å²) in [6.07, 6.45) is 1.68. The van der Waals surface area contributed by atoms with E-state index in [0.717, 1.165) is 13.5 Å². The molecular formula is C8H13N5O3. The summed E-state index contributed by atoms with van der Waals surface area (Å²) >= 11 is 0. The number of hydrogen-bond donors (Lipinski definition) is 3. The first-order valence-electron chi connectivity index (χ1n) is 4.60. The van der Waals surface area contributed by atoms with E-state index in [1.807, 2.05) is 0 Å². The second kappa shape index (κ2) is 5.69. The van der Waals surface area contributed by atoms with Crippen molar-refractivity contribution in [2.75, 3.05) is 18.8 Å². The van der Waals surface area contributed by atoms with E-state index in [2.05, 4.69) is 20.4 Å². The quantitative estimate of drug-likeness (QED) is 0.587. The first-order chi connectivity index (χ1) is 7.59. The molecular weight excluding hydrogens is 214 g/mol. The molecule has 2 rings (SSSR count). The molecule has 0 radical (unpaired) electrons. The monoisotopic (exact) mass is 227 g/mol. The minimum absolute atomic E-state index is 0.153. The number of nitrogens with one attached hydrogen (secondary N) is 1. The van der Waals surface area contributed by atoms with Gasteiger partial charge in [0.05, 0.1) is 18.8 Å². The summed E-state index contributed by atoms with van der Waals surface area (Å²) < 4.78 is 4.90. The average molecular weight is 227 g/mol. The van der Waals surface area contributed by atoms with Crippen molar-refractivity contribution >= 4 is 18.3 Å². The van der Waals surface area contributed by atoms with Crippen LogP contribution in [-0.4, -0.2) is 40.6 Å². The molecule has 8 heteroatoms. The Bertz CT molecular complexity index is 372. The lowest BCUT2D eigenvalue weighted by atomic mass is 10.1. The summed E-state index contributed by atoms with van der Waals surface area (Å²) in [6, 6.07) is 0. The van der Waals surface area contributed by atoms with Crippen LogP contribution in [0.4, 0.5) is 5.95 Å². The average Bonchev–Trinajstić information content (AvgIpc) is 2.65. The molecule has 0 amide bonds. The second-order valence-electron chi connectivity index (χ2n) is 3.11. The summed E-state index contributed by atoms with van der Waals surface area (Å²) in [7, 11) is 0. The van der Waals surface area contributed by atoms with Gasteiger partial charge in [-0.3, -0.25) is 9.79 Å². The fraction of sp³-hybridized carbons (Fsp3) is 0.500. The first-order valence-corrected chi connectivity index (χ1v) is 4.60. The van der Waals surface area contributed by atoms with Crippen molar-refractivity contribution in [2.24, 2.45) is 4.99 Å². The standard InChI is InChI=1S/C6H9N5O.C2H4O2/c7-6-10-5(12-11-6)4-1-8-3-9-2-4;1-2(3)4/h3-4H,1-2H2,(H2,7,11)(H,8,9);1H3,(H,3,4). The molecule has 0 aliphatic carbocycles. The van der Waals surface area contributed by atoms with Gasteiger partial charge in [0.15, 0.2) is 0 Å². The van der Waals surface area contributed by atoms with Crippen LogP contribution >= 0.6 is 0 Å². The van der Waals surface area contributed by atoms with Gasteiger partial charge in [0.25, 0.3) is 11.9 Å². The Morgan fingerprint density at radius 2 is 2.44 bits per heavy atom. The number of hydrogen-bond acceptors (Lipinski definition) is 7. The zero-order valence-corrected chi connectivity index (χ0v) is 8.75. The van der Waals surface area contributed by atoms with Gasteiger partial charge in [-0.1, -0.05) is 0 Å². The predicted octanol–water partition coefficient (Wildman–Crippen LogP) is -0.542. The highest BCUT2D eigenvalue weighted by molar-refractivity contribution is 5.62. The predicted molar refractivity (Wildman–Crippen MR) is 56.1 cm³/mol. The van der Waals surface area contributed by atoms with Gasteiger partial charge in [-0.15, -0.1) is 0 Å². The third-order valence-electron chi connectivity index (χ3n) is 1.68. The van der Waals surface area contributed by atoms with Crippen molar-refractivity contribution in [1.29, 1.82) is 0 Å². The number of nitrogen functional groups attached to an aromatic ring is 1. The number of nitrogens with two attached hydrogens (primary N) is 1. The van der Waals surface area contributed by atoms with Crippen LogP contribution in [0.1, 0.15) is 18.7 Å². The van der Waals surface area contributed by atoms with Gasteiger partial charge in [-0.2, -0.15) is 4.98 Å². The largest absolute Gasteiger partial charge is 0.481 e. The van der Waals surface area contributed by atoms with Gasteiger partial charge in [0, 0.05) is 13.5 Å². The maximum absolute atomic E-state index is 9.00. The topological polar surface area (TPSA) is 127 Å². The first kappa shape index (κ1) is 12.0. The molecule has 16 heavy (non-hydrogen) atoms. The lowest BCUT2D eigenvalue weighted by Gasteiger charge is -2.13. The van der Waals surface area contributed by atoms with Crippen LogP contribution < -0.4 is 11.1 Å². The smallest absolute Gasteiger partial charge is 0.300 e. The molecule has 1 aromatic heterocycles. The van der Waals surface area contributed by atoms with Crippen molar-refractivity contribution in [2.45, 2.75) is 12.8 Å². The fourth-order valence-electron chi connectivity index (χ4n) is 1.08. The van der Waals surface area contributed by atoms with Crippen LogP contribution in [0.2, 0.25) is 0 Å². The van der Waals surface area contributed by atoms with E-state index in [-0.39, 0.29) is 11.9 Å². The van der Waals surface area contributed by atoms with Crippen LogP contribution in [0.15, 0.2) is 9.52 Å². The molecule has 1 aromatic rings. The van der Waals surface area contributed by atoms with E-state index in [1.54, 1.807) is 6.34 Å². The summed E-state index contributed by atoms with van der Waals surface area (Å²) in [5, 5.41) is 13.9. The van der Waals surface area contributed by atoms with E-state index in [1.165, 1.54) is 0 Å². The molecule has 0 spiro atoms. The zero-order chi connectivity index (χ0) is 12.0. The van der Waals surface area contributed by atoms with Gasteiger partial charge < -0.3 is 20.7 Å². The maximum Gasteiger partial charge on any atom is 0.300 e.